The van der Waals surface area contributed by atoms with E-state index in [1.807, 2.05) is 6.07 Å². The topological polar surface area (TPSA) is 108 Å². The van der Waals surface area contributed by atoms with E-state index in [0.717, 1.165) is 5.56 Å². The number of amides is 1. The second kappa shape index (κ2) is 7.64. The summed E-state index contributed by atoms with van der Waals surface area (Å²) in [7, 11) is 4.58. The van der Waals surface area contributed by atoms with Gasteiger partial charge in [0.2, 0.25) is 17.0 Å². The number of carbonyl (C=O) groups excluding carboxylic acids is 1. The smallest absolute Gasteiger partial charge is 0.378 e. The van der Waals surface area contributed by atoms with E-state index in [-0.39, 0.29) is 17.6 Å². The van der Waals surface area contributed by atoms with Gasteiger partial charge in [-0.05, 0) is 41.3 Å². The van der Waals surface area contributed by atoms with Gasteiger partial charge in [-0.1, -0.05) is 6.07 Å². The van der Waals surface area contributed by atoms with Gasteiger partial charge in [0.15, 0.2) is 16.5 Å². The molecule has 1 aliphatic carbocycles. The molecule has 28 heavy (non-hydrogen) atoms. The van der Waals surface area contributed by atoms with Gasteiger partial charge in [0, 0.05) is 18.6 Å². The van der Waals surface area contributed by atoms with Crippen LogP contribution in [0.4, 0.5) is 5.69 Å². The zero-order valence-electron chi connectivity index (χ0n) is 16.2. The molecule has 0 saturated carbocycles. The second-order valence-corrected chi connectivity index (χ2v) is 6.48. The highest BCUT2D eigenvalue weighted by Gasteiger charge is 2.31. The van der Waals surface area contributed by atoms with Crippen LogP contribution in [-0.4, -0.2) is 27.2 Å². The average molecular weight is 383 g/mol. The molecular weight excluding hydrogens is 362 g/mol. The number of ether oxygens (including phenoxy) is 3. The van der Waals surface area contributed by atoms with Gasteiger partial charge in [0.05, 0.1) is 27.4 Å². The van der Waals surface area contributed by atoms with Crippen LogP contribution in [0, 0.1) is 5.39 Å². The Morgan fingerprint density at radius 1 is 1.18 bits per heavy atom. The third kappa shape index (κ3) is 3.16. The predicted molar refractivity (Wildman–Crippen MR) is 101 cm³/mol. The Morgan fingerprint density at radius 2 is 1.89 bits per heavy atom. The number of diazo groups is 1. The average Bonchev–Trinajstić information content (AvgIpc) is 2.82. The first-order valence-corrected chi connectivity index (χ1v) is 8.74. The molecular formula is C20H21N3O5. The van der Waals surface area contributed by atoms with E-state index in [4.69, 9.17) is 14.2 Å². The third-order valence-electron chi connectivity index (χ3n) is 4.88. The molecule has 3 rings (SSSR count). The minimum atomic E-state index is -0.431. The van der Waals surface area contributed by atoms with Crippen LogP contribution in [0.2, 0.25) is 0 Å². The van der Waals surface area contributed by atoms with Crippen molar-refractivity contribution in [3.05, 3.63) is 34.3 Å². The monoisotopic (exact) mass is 383 g/mol. The Morgan fingerprint density at radius 3 is 2.46 bits per heavy atom. The first-order valence-electron chi connectivity index (χ1n) is 8.74. The fourth-order valence-electron chi connectivity index (χ4n) is 3.72. The van der Waals surface area contributed by atoms with Crippen LogP contribution in [0.3, 0.4) is 0 Å². The molecule has 2 aromatic carbocycles. The summed E-state index contributed by atoms with van der Waals surface area (Å²) >= 11 is 0. The fraction of sp³-hybridized carbons (Fsp3) is 0.350. The lowest BCUT2D eigenvalue weighted by molar-refractivity contribution is -0.267. The van der Waals surface area contributed by atoms with E-state index in [1.165, 1.54) is 33.3 Å². The lowest BCUT2D eigenvalue weighted by atomic mass is 9.93. The molecule has 0 aromatic heterocycles. The van der Waals surface area contributed by atoms with Crippen molar-refractivity contribution >= 4 is 11.6 Å². The summed E-state index contributed by atoms with van der Waals surface area (Å²) < 4.78 is 16.6. The van der Waals surface area contributed by atoms with Gasteiger partial charge in [-0.15, -0.1) is 0 Å². The van der Waals surface area contributed by atoms with Crippen LogP contribution in [0.1, 0.15) is 30.5 Å². The van der Waals surface area contributed by atoms with E-state index < -0.39 is 5.75 Å². The Bertz CT molecular complexity index is 981. The van der Waals surface area contributed by atoms with Gasteiger partial charge in [-0.2, -0.15) is 0 Å². The van der Waals surface area contributed by atoms with E-state index in [1.54, 1.807) is 7.11 Å². The first kappa shape index (κ1) is 19.3. The molecule has 8 heteroatoms. The Kier molecular flexibility index (Phi) is 5.27. The maximum absolute atomic E-state index is 12.3. The molecule has 0 radical (unpaired) electrons. The molecule has 1 N–H and O–H groups in total. The summed E-state index contributed by atoms with van der Waals surface area (Å²) in [6.07, 6.45) is 1.18. The SMILES string of the molecule is COc1cc2c(c(OC)c1OC)-c1cc([N+]#N)c([O-])cc1[C@@H](NC(C)=O)CC2. The van der Waals surface area contributed by atoms with Crippen molar-refractivity contribution in [2.24, 2.45) is 0 Å². The van der Waals surface area contributed by atoms with Crippen LogP contribution in [0.25, 0.3) is 16.1 Å². The highest BCUT2D eigenvalue weighted by Crippen LogP contribution is 2.51. The van der Waals surface area contributed by atoms with Crippen LogP contribution in [-0.2, 0) is 11.2 Å². The summed E-state index contributed by atoms with van der Waals surface area (Å²) in [6, 6.07) is 4.39. The largest absolute Gasteiger partial charge is 0.867 e. The van der Waals surface area contributed by atoms with Crippen molar-refractivity contribution in [1.82, 2.24) is 5.32 Å². The lowest BCUT2D eigenvalue weighted by Gasteiger charge is -2.21. The summed E-state index contributed by atoms with van der Waals surface area (Å²) in [6.45, 7) is 1.43. The van der Waals surface area contributed by atoms with Gasteiger partial charge in [-0.25, -0.2) is 0 Å². The normalized spacial score (nSPS) is 14.8. The zero-order valence-corrected chi connectivity index (χ0v) is 16.2. The molecule has 0 aliphatic heterocycles. The standard InChI is InChI=1S/C20H21N3O5/c1-10(24)22-14-6-5-11-7-17(26-2)19(27-3)20(28-4)18(11)13-8-15(23-21)16(25)9-12(13)14/h7-9,14H,5-6H2,1-4H3,(H-,22,24,25)/t14-/m0/s1. The molecule has 0 fully saturated rings. The molecule has 8 nitrogen and oxygen atoms in total. The van der Waals surface area contributed by atoms with Gasteiger partial charge in [0.25, 0.3) is 0 Å². The summed E-state index contributed by atoms with van der Waals surface area (Å²) in [5.41, 5.74) is 2.80. The number of hydrogen-bond donors (Lipinski definition) is 1. The van der Waals surface area contributed by atoms with Crippen molar-refractivity contribution in [2.45, 2.75) is 25.8 Å². The number of aryl methyl sites for hydroxylation is 1. The molecule has 0 saturated heterocycles. The fourth-order valence-corrected chi connectivity index (χ4v) is 3.72. The quantitative estimate of drug-likeness (QED) is 0.813. The maximum Gasteiger partial charge on any atom is 0.378 e. The first-order chi connectivity index (χ1) is 13.4. The molecule has 1 aliphatic rings. The number of benzene rings is 2. The number of rotatable bonds is 4. The number of fused-ring (bicyclic) bond motifs is 3. The maximum atomic E-state index is 12.3. The van der Waals surface area contributed by atoms with E-state index >= 15 is 0 Å². The van der Waals surface area contributed by atoms with Gasteiger partial charge in [0.1, 0.15) is 0 Å². The number of nitrogens with zero attached hydrogens (tertiary/aromatic N) is 2. The molecule has 0 unspecified atom stereocenters. The van der Waals surface area contributed by atoms with Crippen molar-refractivity contribution in [3.8, 4) is 34.1 Å². The minimum absolute atomic E-state index is 0.0926. The van der Waals surface area contributed by atoms with Crippen molar-refractivity contribution in [3.63, 3.8) is 0 Å². The number of methoxy groups -OCH3 is 3. The van der Waals surface area contributed by atoms with Crippen LogP contribution in [0.15, 0.2) is 18.2 Å². The number of nitrogens with one attached hydrogen (secondary N) is 1. The Labute approximate surface area is 162 Å². The van der Waals surface area contributed by atoms with Gasteiger partial charge >= 0.3 is 5.69 Å². The minimum Gasteiger partial charge on any atom is -0.867 e. The van der Waals surface area contributed by atoms with Crippen molar-refractivity contribution in [1.29, 1.82) is 5.39 Å². The highest BCUT2D eigenvalue weighted by atomic mass is 16.5. The highest BCUT2D eigenvalue weighted by molar-refractivity contribution is 5.86. The van der Waals surface area contributed by atoms with Crippen LogP contribution < -0.4 is 24.6 Å². The van der Waals surface area contributed by atoms with Crippen molar-refractivity contribution in [2.75, 3.05) is 21.3 Å². The van der Waals surface area contributed by atoms with Crippen molar-refractivity contribution < 1.29 is 24.1 Å². The van der Waals surface area contributed by atoms with Gasteiger partial charge < -0.3 is 24.6 Å². The number of hydrogen-bond acceptors (Lipinski definition) is 6. The predicted octanol–water partition coefficient (Wildman–Crippen LogP) is 3.06. The summed E-state index contributed by atoms with van der Waals surface area (Å²) in [4.78, 5) is 14.8. The molecule has 1 amide bonds. The van der Waals surface area contributed by atoms with E-state index in [2.05, 4.69) is 10.3 Å². The summed E-state index contributed by atoms with van der Waals surface area (Å²) in [5, 5.41) is 24.4. The second-order valence-electron chi connectivity index (χ2n) is 6.48. The lowest BCUT2D eigenvalue weighted by Crippen LogP contribution is -2.26. The molecule has 1 atom stereocenters. The molecule has 146 valence electrons. The Balaban J connectivity index is 2.38. The molecule has 2 aromatic rings. The number of carbonyl (C=O) groups is 1. The van der Waals surface area contributed by atoms with Gasteiger partial charge in [-0.3, -0.25) is 4.79 Å². The van der Waals surface area contributed by atoms with E-state index in [9.17, 15) is 15.3 Å². The zero-order chi connectivity index (χ0) is 20.4. The molecule has 0 heterocycles. The Hall–Kier alpha value is -3.47. The molecule has 0 bridgehead atoms. The van der Waals surface area contributed by atoms with E-state index in [0.29, 0.717) is 46.8 Å². The molecule has 0 spiro atoms. The van der Waals surface area contributed by atoms with Crippen LogP contribution in [0.5, 0.6) is 23.0 Å². The third-order valence-corrected chi connectivity index (χ3v) is 4.88. The van der Waals surface area contributed by atoms with Crippen LogP contribution >= 0.6 is 0 Å². The summed E-state index contributed by atoms with van der Waals surface area (Å²) in [5.74, 6) is 0.752.